The van der Waals surface area contributed by atoms with Gasteiger partial charge in [0, 0.05) is 28.9 Å². The van der Waals surface area contributed by atoms with Crippen LogP contribution < -0.4 is 31.3 Å². The number of carbonyl (C=O) groups excluding carboxylic acids is 4. The average Bonchev–Trinajstić information content (AvgIpc) is 3.90. The Morgan fingerprint density at radius 3 is 2.32 bits per heavy atom. The minimum Gasteiger partial charge on any atom is -0.467 e. The average molecular weight is 763 g/mol. The molecule has 2 saturated carbocycles. The zero-order valence-electron chi connectivity index (χ0n) is 28.5. The molecule has 3 aromatic rings. The fraction of sp³-hybridized carbons (Fsp3) is 0.441. The first-order valence-corrected chi connectivity index (χ1v) is 17.1. The first kappa shape index (κ1) is 39.0. The number of aromatic nitrogens is 3. The summed E-state index contributed by atoms with van der Waals surface area (Å²) in [5.74, 6) is -3.39. The van der Waals surface area contributed by atoms with Crippen molar-refractivity contribution in [3.63, 3.8) is 0 Å². The Morgan fingerprint density at radius 1 is 0.981 bits per heavy atom. The lowest BCUT2D eigenvalue weighted by atomic mass is 9.93. The molecule has 0 spiro atoms. The molecule has 15 nitrogen and oxygen atoms in total. The highest BCUT2D eigenvalue weighted by molar-refractivity contribution is 6.35. The summed E-state index contributed by atoms with van der Waals surface area (Å²) in [7, 11) is 1.14. The highest BCUT2D eigenvalue weighted by Crippen LogP contribution is 2.48. The van der Waals surface area contributed by atoms with Crippen molar-refractivity contribution >= 4 is 52.9 Å². The molecule has 2 aliphatic rings. The normalized spacial score (nSPS) is 18.2. The van der Waals surface area contributed by atoms with Crippen LogP contribution >= 0.6 is 11.6 Å². The number of alkyl halides is 3. The summed E-state index contributed by atoms with van der Waals surface area (Å²) in [6, 6.07) is 10.9. The van der Waals surface area contributed by atoms with Crippen LogP contribution in [-0.2, 0) is 24.7 Å². The van der Waals surface area contributed by atoms with E-state index in [0.29, 0.717) is 42.8 Å². The molecule has 53 heavy (non-hydrogen) atoms. The Balaban J connectivity index is 1.20. The maximum Gasteiger partial charge on any atom is 0.422 e. The van der Waals surface area contributed by atoms with Gasteiger partial charge in [-0.05, 0) is 86.9 Å². The summed E-state index contributed by atoms with van der Waals surface area (Å²) in [5, 5.41) is 23.9. The van der Waals surface area contributed by atoms with Crippen molar-refractivity contribution in [3.05, 3.63) is 64.7 Å². The minimum absolute atomic E-state index is 0.0298. The third kappa shape index (κ3) is 11.4. The number of carbonyl (C=O) groups is 4. The Labute approximate surface area is 306 Å². The molecule has 2 aliphatic carbocycles. The standard InChI is InChI=1S/C34H38ClF3N8O7/c1-52-29(51)25(13-16-39-27(49)28(50)40-23-3-2-4-24(47)17-23)42-26(48)19-5-11-22(12-6-19)41-30-43-31(45-32(44-30)53-18-34(36,37)38)46-33(14-15-33)20-7-9-21(35)10-8-20/h5-12,23-25,47H,2-4,13-18H2,1H3,(H,39,49)(H,40,50)(H,42,48)(H2,41,43,44,45,46)/t23?,24?,25-/m0/s1. The summed E-state index contributed by atoms with van der Waals surface area (Å²) in [6.45, 7) is -1.76. The van der Waals surface area contributed by atoms with E-state index in [1.807, 2.05) is 12.1 Å². The van der Waals surface area contributed by atoms with Gasteiger partial charge in [-0.3, -0.25) is 14.4 Å². The highest BCUT2D eigenvalue weighted by Gasteiger charge is 2.45. The van der Waals surface area contributed by atoms with E-state index in [9.17, 15) is 37.5 Å². The molecule has 2 aromatic carbocycles. The molecule has 1 heterocycles. The molecule has 0 aliphatic heterocycles. The number of hydrogen-bond donors (Lipinski definition) is 6. The molecule has 3 amide bonds. The highest BCUT2D eigenvalue weighted by atomic mass is 35.5. The van der Waals surface area contributed by atoms with Crippen molar-refractivity contribution in [2.75, 3.05) is 30.9 Å². The predicted molar refractivity (Wildman–Crippen MR) is 184 cm³/mol. The molecule has 2 fully saturated rings. The molecule has 0 bridgehead atoms. The smallest absolute Gasteiger partial charge is 0.422 e. The van der Waals surface area contributed by atoms with Gasteiger partial charge in [-0.25, -0.2) is 4.79 Å². The molecular weight excluding hydrogens is 725 g/mol. The van der Waals surface area contributed by atoms with Gasteiger partial charge in [0.15, 0.2) is 6.61 Å². The van der Waals surface area contributed by atoms with Gasteiger partial charge in [0.25, 0.3) is 5.91 Å². The number of amides is 3. The second kappa shape index (κ2) is 17.1. The molecule has 1 aromatic heterocycles. The molecule has 6 N–H and O–H groups in total. The van der Waals surface area contributed by atoms with Crippen LogP contribution in [0.5, 0.6) is 6.01 Å². The van der Waals surface area contributed by atoms with Gasteiger partial charge in [-0.15, -0.1) is 0 Å². The molecule has 3 atom stereocenters. The Morgan fingerprint density at radius 2 is 1.68 bits per heavy atom. The van der Waals surface area contributed by atoms with Gasteiger partial charge < -0.3 is 41.2 Å². The van der Waals surface area contributed by atoms with Gasteiger partial charge in [0.2, 0.25) is 11.9 Å². The molecular formula is C34H38ClF3N8O7. The monoisotopic (exact) mass is 762 g/mol. The van der Waals surface area contributed by atoms with E-state index < -0.39 is 60.2 Å². The van der Waals surface area contributed by atoms with E-state index in [2.05, 4.69) is 41.5 Å². The summed E-state index contributed by atoms with van der Waals surface area (Å²) < 4.78 is 48.4. The van der Waals surface area contributed by atoms with Gasteiger partial charge in [0.1, 0.15) is 6.04 Å². The quantitative estimate of drug-likeness (QED) is 0.103. The van der Waals surface area contributed by atoms with Crippen molar-refractivity contribution in [2.24, 2.45) is 0 Å². The van der Waals surface area contributed by atoms with Crippen molar-refractivity contribution in [2.45, 2.75) is 74.8 Å². The zero-order valence-corrected chi connectivity index (χ0v) is 29.2. The third-order valence-electron chi connectivity index (χ3n) is 8.58. The zero-order chi connectivity index (χ0) is 38.2. The van der Waals surface area contributed by atoms with E-state index in [0.717, 1.165) is 19.1 Å². The topological polar surface area (TPSA) is 206 Å². The fourth-order valence-corrected chi connectivity index (χ4v) is 5.82. The van der Waals surface area contributed by atoms with Crippen molar-refractivity contribution in [1.29, 1.82) is 0 Å². The third-order valence-corrected chi connectivity index (χ3v) is 8.83. The van der Waals surface area contributed by atoms with E-state index in [1.54, 1.807) is 12.1 Å². The van der Waals surface area contributed by atoms with E-state index in [1.165, 1.54) is 24.3 Å². The number of nitrogens with one attached hydrogen (secondary N) is 5. The van der Waals surface area contributed by atoms with Gasteiger partial charge >= 0.3 is 30.0 Å². The van der Waals surface area contributed by atoms with Crippen molar-refractivity contribution < 1.29 is 46.9 Å². The van der Waals surface area contributed by atoms with Crippen LogP contribution in [0, 0.1) is 0 Å². The second-order valence-electron chi connectivity index (χ2n) is 12.7. The number of rotatable bonds is 14. The first-order chi connectivity index (χ1) is 25.2. The van der Waals surface area contributed by atoms with Crippen LogP contribution in [0.3, 0.4) is 0 Å². The summed E-state index contributed by atoms with van der Waals surface area (Å²) in [5.41, 5.74) is 0.824. The first-order valence-electron chi connectivity index (χ1n) is 16.7. The van der Waals surface area contributed by atoms with Gasteiger partial charge in [-0.2, -0.15) is 28.1 Å². The van der Waals surface area contributed by atoms with Gasteiger partial charge in [-0.1, -0.05) is 23.7 Å². The second-order valence-corrected chi connectivity index (χ2v) is 13.1. The number of methoxy groups -OCH3 is 1. The SMILES string of the molecule is COC(=O)[C@H](CCNC(=O)C(=O)NC1CCCC(O)C1)NC(=O)c1ccc(Nc2nc(NC3(c4ccc(Cl)cc4)CC3)nc(OCC(F)(F)F)n2)cc1. The van der Waals surface area contributed by atoms with Crippen LogP contribution in [0.15, 0.2) is 48.5 Å². The fourth-order valence-electron chi connectivity index (χ4n) is 5.70. The molecule has 5 rings (SSSR count). The Kier molecular flexibility index (Phi) is 12.6. The molecule has 19 heteroatoms. The van der Waals surface area contributed by atoms with Crippen LogP contribution in [0.1, 0.15) is 60.9 Å². The number of aliphatic hydroxyl groups is 1. The number of anilines is 3. The number of hydrogen-bond acceptors (Lipinski definition) is 12. The van der Waals surface area contributed by atoms with E-state index in [-0.39, 0.29) is 36.5 Å². The predicted octanol–water partition coefficient (Wildman–Crippen LogP) is 3.51. The molecule has 0 saturated heterocycles. The summed E-state index contributed by atoms with van der Waals surface area (Å²) in [6.07, 6.45) is -1.48. The molecule has 2 unspecified atom stereocenters. The Hall–Kier alpha value is -5.23. The largest absolute Gasteiger partial charge is 0.467 e. The Bertz CT molecular complexity index is 1780. The van der Waals surface area contributed by atoms with Gasteiger partial charge in [0.05, 0.1) is 18.8 Å². The van der Waals surface area contributed by atoms with Crippen LogP contribution in [-0.4, -0.2) is 88.4 Å². The van der Waals surface area contributed by atoms with Crippen LogP contribution in [0.2, 0.25) is 5.02 Å². The minimum atomic E-state index is -4.64. The van der Waals surface area contributed by atoms with E-state index >= 15 is 0 Å². The number of aliphatic hydroxyl groups excluding tert-OH is 1. The van der Waals surface area contributed by atoms with Crippen LogP contribution in [0.25, 0.3) is 0 Å². The molecule has 284 valence electrons. The van der Waals surface area contributed by atoms with Crippen molar-refractivity contribution in [1.82, 2.24) is 30.9 Å². The van der Waals surface area contributed by atoms with E-state index in [4.69, 9.17) is 21.1 Å². The number of benzene rings is 2. The summed E-state index contributed by atoms with van der Waals surface area (Å²) >= 11 is 6.02. The van der Waals surface area contributed by atoms with Crippen molar-refractivity contribution in [3.8, 4) is 6.01 Å². The lowest BCUT2D eigenvalue weighted by Crippen LogP contribution is -2.48. The maximum atomic E-state index is 13.0. The number of halogens is 4. The maximum absolute atomic E-state index is 13.0. The lowest BCUT2D eigenvalue weighted by molar-refractivity contribution is -0.154. The van der Waals surface area contributed by atoms with Crippen LogP contribution in [0.4, 0.5) is 30.8 Å². The lowest BCUT2D eigenvalue weighted by Gasteiger charge is -2.26. The number of nitrogens with zero attached hydrogens (tertiary/aromatic N) is 3. The summed E-state index contributed by atoms with van der Waals surface area (Å²) in [4.78, 5) is 62.4. The number of esters is 1. The number of ether oxygens (including phenoxy) is 2. The molecule has 0 radical (unpaired) electrons.